The van der Waals surface area contributed by atoms with E-state index < -0.39 is 24.2 Å². The molecule has 0 N–H and O–H groups in total. The van der Waals surface area contributed by atoms with Gasteiger partial charge in [0.1, 0.15) is 18.1 Å². The van der Waals surface area contributed by atoms with Crippen LogP contribution >= 0.6 is 0 Å². The molecule has 2 aromatic rings. The van der Waals surface area contributed by atoms with Crippen molar-refractivity contribution in [2.45, 2.75) is 25.1 Å². The van der Waals surface area contributed by atoms with Crippen LogP contribution in [0.2, 0.25) is 0 Å². The summed E-state index contributed by atoms with van der Waals surface area (Å²) in [4.78, 5) is 41.5. The first-order valence-electron chi connectivity index (χ1n) is 12.4. The molecule has 2 aromatic carbocycles. The second kappa shape index (κ2) is 10.6. The topological polar surface area (TPSA) is 94.6 Å². The molecule has 3 heterocycles. The second-order valence-corrected chi connectivity index (χ2v) is 9.37. The Kier molecular flexibility index (Phi) is 7.21. The number of likely N-dealkylation sites (tertiary alicyclic amines) is 1. The van der Waals surface area contributed by atoms with Crippen LogP contribution in [0.25, 0.3) is 0 Å². The van der Waals surface area contributed by atoms with Gasteiger partial charge in [-0.15, -0.1) is 13.2 Å². The number of hydrogen-bond acceptors (Lipinski definition) is 8. The molecule has 5 rings (SSSR count). The summed E-state index contributed by atoms with van der Waals surface area (Å²) in [5.74, 6) is -3.72. The van der Waals surface area contributed by atoms with Gasteiger partial charge in [-0.05, 0) is 68.2 Å². The first-order valence-corrected chi connectivity index (χ1v) is 12.4. The van der Waals surface area contributed by atoms with Gasteiger partial charge < -0.3 is 18.9 Å². The summed E-state index contributed by atoms with van der Waals surface area (Å²) in [6.45, 7) is 2.61. The molecular weight excluding hydrogens is 521 g/mol. The predicted molar refractivity (Wildman–Crippen MR) is 128 cm³/mol. The highest BCUT2D eigenvalue weighted by molar-refractivity contribution is 6.01. The molecule has 206 valence electrons. The summed E-state index contributed by atoms with van der Waals surface area (Å²) >= 11 is 0. The van der Waals surface area contributed by atoms with E-state index in [0.717, 1.165) is 38.1 Å². The van der Waals surface area contributed by atoms with Gasteiger partial charge in [-0.1, -0.05) is 12.1 Å². The number of carbonyl (C=O) groups is 3. The third-order valence-electron chi connectivity index (χ3n) is 6.81. The fourth-order valence-electron chi connectivity index (χ4n) is 4.97. The van der Waals surface area contributed by atoms with Gasteiger partial charge in [0, 0.05) is 25.2 Å². The number of hydrogen-bond donors (Lipinski definition) is 0. The van der Waals surface area contributed by atoms with Gasteiger partial charge in [0.25, 0.3) is 5.91 Å². The van der Waals surface area contributed by atoms with E-state index in [9.17, 15) is 27.6 Å². The van der Waals surface area contributed by atoms with E-state index in [2.05, 4.69) is 9.64 Å². The zero-order chi connectivity index (χ0) is 27.6. The van der Waals surface area contributed by atoms with Gasteiger partial charge in [0.15, 0.2) is 0 Å². The van der Waals surface area contributed by atoms with Crippen molar-refractivity contribution in [3.8, 4) is 11.5 Å². The van der Waals surface area contributed by atoms with Crippen molar-refractivity contribution in [2.75, 3.05) is 32.8 Å². The molecule has 0 saturated carbocycles. The smallest absolute Gasteiger partial charge is 0.492 e. The van der Waals surface area contributed by atoms with Gasteiger partial charge in [0.2, 0.25) is 0 Å². The molecule has 0 unspecified atom stereocenters. The average molecular weight is 546 g/mol. The molecule has 1 spiro atoms. The number of alkyl halides is 3. The van der Waals surface area contributed by atoms with E-state index in [1.807, 2.05) is 0 Å². The van der Waals surface area contributed by atoms with Gasteiger partial charge in [-0.3, -0.25) is 14.6 Å². The highest BCUT2D eigenvalue weighted by atomic mass is 19.4. The highest BCUT2D eigenvalue weighted by Crippen LogP contribution is 2.43. The molecule has 1 amide bonds. The molecule has 12 heteroatoms. The number of rotatable bonds is 7. The fourth-order valence-corrected chi connectivity index (χ4v) is 4.97. The number of carbonyl (C=O) groups excluding carboxylic acids is 3. The lowest BCUT2D eigenvalue weighted by molar-refractivity contribution is -0.276. The first-order chi connectivity index (χ1) is 18.6. The fraction of sp³-hybridized carbons (Fsp3) is 0.370. The Hall–Kier alpha value is -4.06. The van der Waals surface area contributed by atoms with Crippen LogP contribution in [0.15, 0.2) is 60.7 Å². The van der Waals surface area contributed by atoms with Crippen LogP contribution in [0.5, 0.6) is 11.5 Å². The lowest BCUT2D eigenvalue weighted by Gasteiger charge is -2.39. The van der Waals surface area contributed by atoms with E-state index in [-0.39, 0.29) is 24.1 Å². The van der Waals surface area contributed by atoms with Gasteiger partial charge >= 0.3 is 24.2 Å². The van der Waals surface area contributed by atoms with Crippen LogP contribution in [0.1, 0.15) is 28.8 Å². The van der Waals surface area contributed by atoms with Crippen molar-refractivity contribution >= 4 is 17.8 Å². The maximum absolute atomic E-state index is 13.3. The van der Waals surface area contributed by atoms with Gasteiger partial charge in [-0.2, -0.15) is 0 Å². The van der Waals surface area contributed by atoms with E-state index in [1.54, 1.807) is 24.3 Å². The molecule has 1 saturated heterocycles. The van der Waals surface area contributed by atoms with Crippen LogP contribution in [0.4, 0.5) is 13.2 Å². The summed E-state index contributed by atoms with van der Waals surface area (Å²) in [6.07, 6.45) is -1.32. The van der Waals surface area contributed by atoms with Crippen LogP contribution in [0, 0.1) is 5.92 Å². The van der Waals surface area contributed by atoms with E-state index in [4.69, 9.17) is 14.2 Å². The van der Waals surface area contributed by atoms with E-state index in [0.29, 0.717) is 30.0 Å². The molecule has 0 bridgehead atoms. The maximum Gasteiger partial charge on any atom is 0.573 e. The Bertz CT molecular complexity index is 1250. The normalized spacial score (nSPS) is 19.5. The first kappa shape index (κ1) is 26.5. The van der Waals surface area contributed by atoms with Gasteiger partial charge in [0.05, 0.1) is 11.1 Å². The summed E-state index contributed by atoms with van der Waals surface area (Å²) in [7, 11) is 0. The molecule has 1 fully saturated rings. The molecule has 9 nitrogen and oxygen atoms in total. The van der Waals surface area contributed by atoms with Crippen molar-refractivity contribution < 1.29 is 46.5 Å². The minimum Gasteiger partial charge on any atom is -0.492 e. The predicted octanol–water partition coefficient (Wildman–Crippen LogP) is 3.60. The quantitative estimate of drug-likeness (QED) is 0.487. The Morgan fingerprint density at radius 1 is 0.897 bits per heavy atom. The Balaban J connectivity index is 1.16. The zero-order valence-corrected chi connectivity index (χ0v) is 20.7. The van der Waals surface area contributed by atoms with Crippen molar-refractivity contribution in [3.63, 3.8) is 0 Å². The monoisotopic (exact) mass is 546 g/mol. The highest BCUT2D eigenvalue weighted by Gasteiger charge is 2.57. The largest absolute Gasteiger partial charge is 0.573 e. The SMILES string of the molecule is O=C1C=CC(=O)OC2(O1)c1ccccc1C(=O)N2CC1CCN(CCOc2ccc(OC(F)(F)F)cc2)CC1. The number of fused-ring (bicyclic) bond motifs is 2. The molecular formula is C27H25F3N2O7. The Labute approximate surface area is 221 Å². The number of amides is 1. The van der Waals surface area contributed by atoms with Crippen molar-refractivity contribution in [1.29, 1.82) is 0 Å². The third kappa shape index (κ3) is 5.85. The number of piperidine rings is 1. The third-order valence-corrected chi connectivity index (χ3v) is 6.81. The molecule has 3 aliphatic rings. The molecule has 0 aliphatic carbocycles. The number of ether oxygens (including phenoxy) is 4. The number of nitrogens with zero attached hydrogens (tertiary/aromatic N) is 2. The second-order valence-electron chi connectivity index (χ2n) is 9.37. The summed E-state index contributed by atoms with van der Waals surface area (Å²) in [5.41, 5.74) is 0.626. The number of halogens is 3. The van der Waals surface area contributed by atoms with Crippen molar-refractivity contribution in [2.24, 2.45) is 5.92 Å². The maximum atomic E-state index is 13.3. The van der Waals surface area contributed by atoms with Crippen LogP contribution in [-0.4, -0.2) is 66.8 Å². The summed E-state index contributed by atoms with van der Waals surface area (Å²) in [6, 6.07) is 11.8. The molecule has 0 aromatic heterocycles. The van der Waals surface area contributed by atoms with E-state index in [1.165, 1.54) is 29.2 Å². The summed E-state index contributed by atoms with van der Waals surface area (Å²) in [5, 5.41) is 0. The minimum atomic E-state index is -4.75. The Morgan fingerprint density at radius 2 is 1.51 bits per heavy atom. The lowest BCUT2D eigenvalue weighted by atomic mass is 9.96. The molecule has 39 heavy (non-hydrogen) atoms. The van der Waals surface area contributed by atoms with E-state index >= 15 is 0 Å². The van der Waals surface area contributed by atoms with Crippen LogP contribution in [-0.2, 0) is 25.0 Å². The lowest BCUT2D eigenvalue weighted by Crippen LogP contribution is -2.52. The number of esters is 2. The standard InChI is InChI=1S/C27H25F3N2O7/c28-27(29,30)37-20-7-5-19(6-8-20)36-16-15-31-13-11-18(12-14-31)17-32-25(35)21-3-1-2-4-22(21)26(32)38-23(33)9-10-24(34)39-26/h1-10,18H,11-17H2. The van der Waals surface area contributed by atoms with Crippen molar-refractivity contribution in [1.82, 2.24) is 9.80 Å². The molecule has 3 aliphatic heterocycles. The van der Waals surface area contributed by atoms with Crippen LogP contribution in [0.3, 0.4) is 0 Å². The Morgan fingerprint density at radius 3 is 2.15 bits per heavy atom. The average Bonchev–Trinajstić information content (AvgIpc) is 3.00. The zero-order valence-electron chi connectivity index (χ0n) is 20.7. The number of benzene rings is 2. The van der Waals surface area contributed by atoms with Crippen LogP contribution < -0.4 is 9.47 Å². The van der Waals surface area contributed by atoms with Gasteiger partial charge in [-0.25, -0.2) is 9.59 Å². The molecule has 0 radical (unpaired) electrons. The minimum absolute atomic E-state index is 0.0621. The molecule has 0 atom stereocenters. The van der Waals surface area contributed by atoms with Crippen molar-refractivity contribution in [3.05, 3.63) is 71.8 Å². The summed E-state index contributed by atoms with van der Waals surface area (Å²) < 4.78 is 57.5.